The number of nitrogens with one attached hydrogen (secondary N) is 2. The van der Waals surface area contributed by atoms with Gasteiger partial charge in [-0.25, -0.2) is 4.98 Å². The number of H-pyrrole nitrogens is 1. The molecule has 2 N–H and O–H groups in total. The zero-order chi connectivity index (χ0) is 18.4. The second-order valence-electron chi connectivity index (χ2n) is 7.89. The standard InChI is InChI=1S/C20H24N6O/c1-25-9-8-22-18(25)13-26(17-11-20(17)4-6-21-7-5-20)19(27)14-2-3-16-15(10-14)12-23-24-16/h2-3,8-10,12,17,21H,4-7,11,13H2,1H3,(H,23,24). The second kappa shape index (κ2) is 6.20. The van der Waals surface area contributed by atoms with Crippen molar-refractivity contribution in [2.45, 2.75) is 31.8 Å². The number of hydrogen-bond acceptors (Lipinski definition) is 4. The van der Waals surface area contributed by atoms with Crippen molar-refractivity contribution in [2.24, 2.45) is 12.5 Å². The number of fused-ring (bicyclic) bond motifs is 1. The molecule has 140 valence electrons. The van der Waals surface area contributed by atoms with Crippen LogP contribution in [0.3, 0.4) is 0 Å². The van der Waals surface area contributed by atoms with Crippen molar-refractivity contribution in [3.8, 4) is 0 Å². The van der Waals surface area contributed by atoms with E-state index in [4.69, 9.17) is 0 Å². The molecule has 5 rings (SSSR count). The van der Waals surface area contributed by atoms with Gasteiger partial charge in [-0.2, -0.15) is 5.10 Å². The SMILES string of the molecule is Cn1ccnc1CN(C(=O)c1ccc2[nH]ncc2c1)C1CC12CCNCC2. The highest BCUT2D eigenvalue weighted by molar-refractivity contribution is 5.98. The fraction of sp³-hybridized carbons (Fsp3) is 0.450. The summed E-state index contributed by atoms with van der Waals surface area (Å²) in [6.45, 7) is 2.63. The molecule has 1 saturated heterocycles. The lowest BCUT2D eigenvalue weighted by molar-refractivity contribution is 0.0685. The largest absolute Gasteiger partial charge is 0.337 e. The highest BCUT2D eigenvalue weighted by Gasteiger charge is 2.57. The van der Waals surface area contributed by atoms with Crippen molar-refractivity contribution in [3.05, 3.63) is 48.2 Å². The van der Waals surface area contributed by atoms with Crippen LogP contribution < -0.4 is 5.32 Å². The van der Waals surface area contributed by atoms with Gasteiger partial charge < -0.3 is 14.8 Å². The molecule has 1 aliphatic heterocycles. The zero-order valence-electron chi connectivity index (χ0n) is 15.5. The number of carbonyl (C=O) groups is 1. The van der Waals surface area contributed by atoms with E-state index in [0.717, 1.165) is 49.1 Å². The van der Waals surface area contributed by atoms with Gasteiger partial charge in [0.05, 0.1) is 18.3 Å². The van der Waals surface area contributed by atoms with Crippen molar-refractivity contribution in [3.63, 3.8) is 0 Å². The van der Waals surface area contributed by atoms with Crippen LogP contribution in [-0.2, 0) is 13.6 Å². The Morgan fingerprint density at radius 1 is 1.37 bits per heavy atom. The second-order valence-corrected chi connectivity index (χ2v) is 7.89. The van der Waals surface area contributed by atoms with Gasteiger partial charge >= 0.3 is 0 Å². The van der Waals surface area contributed by atoms with E-state index in [2.05, 4.69) is 25.4 Å². The summed E-state index contributed by atoms with van der Waals surface area (Å²) in [5.74, 6) is 1.00. The Morgan fingerprint density at radius 2 is 2.22 bits per heavy atom. The van der Waals surface area contributed by atoms with Gasteiger partial charge in [0.2, 0.25) is 0 Å². The lowest BCUT2D eigenvalue weighted by atomic mass is 9.93. The van der Waals surface area contributed by atoms with Crippen LogP contribution in [0, 0.1) is 5.41 Å². The predicted octanol–water partition coefficient (Wildman–Crippen LogP) is 2.08. The Labute approximate surface area is 157 Å². The van der Waals surface area contributed by atoms with Gasteiger partial charge in [0.15, 0.2) is 0 Å². The third-order valence-electron chi connectivity index (χ3n) is 6.30. The van der Waals surface area contributed by atoms with Crippen molar-refractivity contribution in [1.29, 1.82) is 0 Å². The van der Waals surface area contributed by atoms with Gasteiger partial charge in [0.25, 0.3) is 5.91 Å². The Balaban J connectivity index is 1.47. The smallest absolute Gasteiger partial charge is 0.254 e. The fourth-order valence-corrected chi connectivity index (χ4v) is 4.50. The van der Waals surface area contributed by atoms with Crippen LogP contribution >= 0.6 is 0 Å². The molecule has 3 heterocycles. The molecule has 0 radical (unpaired) electrons. The van der Waals surface area contributed by atoms with Crippen LogP contribution in [0.15, 0.2) is 36.8 Å². The van der Waals surface area contributed by atoms with Crippen molar-refractivity contribution in [1.82, 2.24) is 30.0 Å². The minimum Gasteiger partial charge on any atom is -0.337 e. The number of amides is 1. The molecule has 1 atom stereocenters. The Bertz CT molecular complexity index is 983. The number of imidazole rings is 1. The van der Waals surface area contributed by atoms with E-state index < -0.39 is 0 Å². The monoisotopic (exact) mass is 364 g/mol. The van der Waals surface area contributed by atoms with Gasteiger partial charge in [-0.05, 0) is 56.0 Å². The molecule has 7 heteroatoms. The first kappa shape index (κ1) is 16.5. The van der Waals surface area contributed by atoms with Gasteiger partial charge in [-0.15, -0.1) is 0 Å². The molecule has 1 amide bonds. The molecule has 2 fully saturated rings. The summed E-state index contributed by atoms with van der Waals surface area (Å²) in [4.78, 5) is 20.0. The van der Waals surface area contributed by atoms with Crippen LogP contribution in [-0.4, -0.2) is 49.7 Å². The molecular formula is C20H24N6O. The number of rotatable bonds is 4. The van der Waals surface area contributed by atoms with E-state index in [1.54, 1.807) is 12.4 Å². The minimum absolute atomic E-state index is 0.0847. The number of aromatic amines is 1. The molecule has 1 saturated carbocycles. The molecular weight excluding hydrogens is 340 g/mol. The molecule has 1 unspecified atom stereocenters. The average Bonchev–Trinajstić information content (AvgIpc) is 3.02. The molecule has 27 heavy (non-hydrogen) atoms. The summed E-state index contributed by atoms with van der Waals surface area (Å²) in [5.41, 5.74) is 1.95. The number of piperidine rings is 1. The topological polar surface area (TPSA) is 78.8 Å². The third-order valence-corrected chi connectivity index (χ3v) is 6.30. The molecule has 3 aromatic rings. The molecule has 1 aliphatic carbocycles. The number of nitrogens with zero attached hydrogens (tertiary/aromatic N) is 4. The normalized spacial score (nSPS) is 20.9. The van der Waals surface area contributed by atoms with Gasteiger partial charge in [0, 0.05) is 36.4 Å². The van der Waals surface area contributed by atoms with E-state index in [0.29, 0.717) is 18.2 Å². The van der Waals surface area contributed by atoms with E-state index >= 15 is 0 Å². The first-order valence-corrected chi connectivity index (χ1v) is 9.57. The maximum atomic E-state index is 13.5. The van der Waals surface area contributed by atoms with E-state index in [1.165, 1.54) is 0 Å². The molecule has 2 aromatic heterocycles. The summed E-state index contributed by atoms with van der Waals surface area (Å²) in [6.07, 6.45) is 8.87. The molecule has 7 nitrogen and oxygen atoms in total. The maximum Gasteiger partial charge on any atom is 0.254 e. The summed E-state index contributed by atoms with van der Waals surface area (Å²) in [5, 5.41) is 11.4. The Hall–Kier alpha value is -2.67. The highest BCUT2D eigenvalue weighted by atomic mass is 16.2. The summed E-state index contributed by atoms with van der Waals surface area (Å²) in [6, 6.07) is 6.06. The molecule has 1 spiro atoms. The molecule has 2 aliphatic rings. The molecule has 1 aromatic carbocycles. The zero-order valence-corrected chi connectivity index (χ0v) is 15.5. The third kappa shape index (κ3) is 2.82. The van der Waals surface area contributed by atoms with Crippen LogP contribution in [0.1, 0.15) is 35.4 Å². The van der Waals surface area contributed by atoms with Gasteiger partial charge in [-0.1, -0.05) is 0 Å². The minimum atomic E-state index is 0.0847. The number of benzene rings is 1. The first-order valence-electron chi connectivity index (χ1n) is 9.57. The van der Waals surface area contributed by atoms with Crippen molar-refractivity contribution < 1.29 is 4.79 Å². The lowest BCUT2D eigenvalue weighted by Gasteiger charge is -2.29. The van der Waals surface area contributed by atoms with Crippen LogP contribution in [0.2, 0.25) is 0 Å². The van der Waals surface area contributed by atoms with Gasteiger partial charge in [0.1, 0.15) is 5.82 Å². The number of aryl methyl sites for hydroxylation is 1. The number of hydrogen-bond donors (Lipinski definition) is 2. The quantitative estimate of drug-likeness (QED) is 0.743. The predicted molar refractivity (Wildman–Crippen MR) is 102 cm³/mol. The fourth-order valence-electron chi connectivity index (χ4n) is 4.50. The first-order chi connectivity index (χ1) is 13.2. The van der Waals surface area contributed by atoms with E-state index in [-0.39, 0.29) is 11.3 Å². The summed E-state index contributed by atoms with van der Waals surface area (Å²) in [7, 11) is 1.98. The number of aromatic nitrogens is 4. The van der Waals surface area contributed by atoms with Crippen molar-refractivity contribution >= 4 is 16.8 Å². The number of carbonyl (C=O) groups excluding carboxylic acids is 1. The Kier molecular flexibility index (Phi) is 3.79. The van der Waals surface area contributed by atoms with Crippen molar-refractivity contribution in [2.75, 3.05) is 13.1 Å². The summed E-state index contributed by atoms with van der Waals surface area (Å²) >= 11 is 0. The molecule has 0 bridgehead atoms. The van der Waals surface area contributed by atoms with Gasteiger partial charge in [-0.3, -0.25) is 9.89 Å². The maximum absolute atomic E-state index is 13.5. The van der Waals surface area contributed by atoms with Crippen LogP contribution in [0.25, 0.3) is 10.9 Å². The summed E-state index contributed by atoms with van der Waals surface area (Å²) < 4.78 is 2.00. The lowest BCUT2D eigenvalue weighted by Crippen LogP contribution is -2.39. The highest BCUT2D eigenvalue weighted by Crippen LogP contribution is 2.56. The average molecular weight is 364 g/mol. The van der Waals surface area contributed by atoms with Crippen LogP contribution in [0.4, 0.5) is 0 Å². The Morgan fingerprint density at radius 3 is 3.00 bits per heavy atom. The van der Waals surface area contributed by atoms with E-state index in [9.17, 15) is 4.79 Å². The van der Waals surface area contributed by atoms with E-state index in [1.807, 2.05) is 36.0 Å². The van der Waals surface area contributed by atoms with Crippen LogP contribution in [0.5, 0.6) is 0 Å².